The number of aldehydes is 1. The van der Waals surface area contributed by atoms with Gasteiger partial charge in [-0.2, -0.15) is 5.10 Å². The first-order valence-electron chi connectivity index (χ1n) is 11.4. The van der Waals surface area contributed by atoms with E-state index in [2.05, 4.69) is 15.4 Å². The summed E-state index contributed by atoms with van der Waals surface area (Å²) < 4.78 is 7.68. The lowest BCUT2D eigenvalue weighted by atomic mass is 10.0. The number of pyridine rings is 1. The molecule has 0 saturated carbocycles. The van der Waals surface area contributed by atoms with Gasteiger partial charge in [0.15, 0.2) is 12.5 Å². The highest BCUT2D eigenvalue weighted by atomic mass is 16.5. The molecule has 0 bridgehead atoms. The number of amides is 1. The normalized spacial score (nSPS) is 15.8. The monoisotopic (exact) mass is 436 g/mol. The molecule has 170 valence electrons. The van der Waals surface area contributed by atoms with Gasteiger partial charge in [-0.1, -0.05) is 33.8 Å². The third-order valence-electron chi connectivity index (χ3n) is 5.22. The molecule has 2 aromatic heterocycles. The summed E-state index contributed by atoms with van der Waals surface area (Å²) in [5, 5.41) is 8.18. The third-order valence-corrected chi connectivity index (χ3v) is 5.22. The van der Waals surface area contributed by atoms with Crippen LogP contribution in [0.15, 0.2) is 36.7 Å². The minimum absolute atomic E-state index is 0.0311. The van der Waals surface area contributed by atoms with Gasteiger partial charge >= 0.3 is 0 Å². The Hall–Kier alpha value is -3.06. The second kappa shape index (κ2) is 11.0. The molecular formula is C25H32N4O3. The summed E-state index contributed by atoms with van der Waals surface area (Å²) in [6, 6.07) is 7.78. The largest absolute Gasteiger partial charge is 0.356 e. The minimum atomic E-state index is -0.137. The number of anilines is 1. The molecule has 7 nitrogen and oxygen atoms in total. The van der Waals surface area contributed by atoms with E-state index in [0.717, 1.165) is 47.6 Å². The number of fused-ring (bicyclic) bond motifs is 1. The van der Waals surface area contributed by atoms with Crippen LogP contribution in [0.3, 0.4) is 0 Å². The van der Waals surface area contributed by atoms with Gasteiger partial charge < -0.3 is 10.1 Å². The summed E-state index contributed by atoms with van der Waals surface area (Å²) >= 11 is 0. The molecule has 1 fully saturated rings. The second-order valence-electron chi connectivity index (χ2n) is 8.11. The molecule has 1 unspecified atom stereocenters. The molecule has 0 aliphatic carbocycles. The zero-order chi connectivity index (χ0) is 23.1. The Morgan fingerprint density at radius 3 is 2.72 bits per heavy atom. The van der Waals surface area contributed by atoms with Crippen molar-refractivity contribution in [3.63, 3.8) is 0 Å². The van der Waals surface area contributed by atoms with Gasteiger partial charge in [0.1, 0.15) is 5.69 Å². The zero-order valence-electron chi connectivity index (χ0n) is 19.3. The van der Waals surface area contributed by atoms with Crippen molar-refractivity contribution in [1.29, 1.82) is 0 Å². The molecule has 7 heteroatoms. The van der Waals surface area contributed by atoms with Crippen LogP contribution in [0.5, 0.6) is 0 Å². The first-order valence-corrected chi connectivity index (χ1v) is 11.4. The molecule has 1 N–H and O–H groups in total. The van der Waals surface area contributed by atoms with Crippen molar-refractivity contribution >= 4 is 28.8 Å². The van der Waals surface area contributed by atoms with Gasteiger partial charge in [0.2, 0.25) is 5.91 Å². The van der Waals surface area contributed by atoms with E-state index in [9.17, 15) is 9.59 Å². The van der Waals surface area contributed by atoms with Crippen LogP contribution in [0.1, 0.15) is 70.1 Å². The number of rotatable bonds is 6. The van der Waals surface area contributed by atoms with Crippen molar-refractivity contribution in [2.45, 2.75) is 59.6 Å². The molecule has 1 aliphatic heterocycles. The van der Waals surface area contributed by atoms with Gasteiger partial charge in [0, 0.05) is 30.2 Å². The quantitative estimate of drug-likeness (QED) is 0.507. The van der Waals surface area contributed by atoms with E-state index in [4.69, 9.17) is 4.74 Å². The molecular weight excluding hydrogens is 404 g/mol. The predicted molar refractivity (Wildman–Crippen MR) is 127 cm³/mol. The summed E-state index contributed by atoms with van der Waals surface area (Å²) in [5.41, 5.74) is 3.69. The summed E-state index contributed by atoms with van der Waals surface area (Å²) in [7, 11) is 0. The van der Waals surface area contributed by atoms with Crippen molar-refractivity contribution in [2.24, 2.45) is 5.92 Å². The molecule has 32 heavy (non-hydrogen) atoms. The number of hydrogen-bond acceptors (Lipinski definition) is 5. The van der Waals surface area contributed by atoms with Crippen molar-refractivity contribution in [3.05, 3.63) is 42.4 Å². The fourth-order valence-corrected chi connectivity index (χ4v) is 3.82. The van der Waals surface area contributed by atoms with Crippen LogP contribution < -0.4 is 5.32 Å². The molecule has 1 aromatic carbocycles. The Morgan fingerprint density at radius 1 is 1.22 bits per heavy atom. The van der Waals surface area contributed by atoms with Crippen molar-refractivity contribution < 1.29 is 14.3 Å². The van der Waals surface area contributed by atoms with Crippen LogP contribution in [-0.4, -0.2) is 33.6 Å². The Kier molecular flexibility index (Phi) is 8.11. The highest BCUT2D eigenvalue weighted by Gasteiger charge is 2.21. The van der Waals surface area contributed by atoms with Gasteiger partial charge in [-0.15, -0.1) is 0 Å². The van der Waals surface area contributed by atoms with Crippen LogP contribution in [0.4, 0.5) is 5.69 Å². The number of hydrogen-bond donors (Lipinski definition) is 1. The summed E-state index contributed by atoms with van der Waals surface area (Å²) in [6.07, 6.45) is 7.51. The average Bonchev–Trinajstić information content (AvgIpc) is 3.18. The molecule has 3 aromatic rings. The molecule has 1 aliphatic rings. The van der Waals surface area contributed by atoms with E-state index in [1.165, 1.54) is 0 Å². The van der Waals surface area contributed by atoms with Crippen LogP contribution in [-0.2, 0) is 9.53 Å². The molecule has 3 heterocycles. The van der Waals surface area contributed by atoms with E-state index in [0.29, 0.717) is 24.4 Å². The standard InChI is InChI=1S/C23H26N4O3.C2H6/c1-15(2)9-22(29)25-18-10-17(12-24-13-18)16-6-7-21-19(11-16)20(14-28)26-27(21)23-5-3-4-8-30-23;1-2/h6-7,10-15,23H,3-5,8-9H2,1-2H3,(H,25,29);1-2H3. The highest BCUT2D eigenvalue weighted by Crippen LogP contribution is 2.31. The SMILES string of the molecule is CC.CC(C)CC(=O)Nc1cncc(-c2ccc3c(c2)c(C=O)nn3C2CCCCO2)c1. The van der Waals surface area contributed by atoms with Crippen LogP contribution >= 0.6 is 0 Å². The average molecular weight is 437 g/mol. The number of benzene rings is 1. The van der Waals surface area contributed by atoms with E-state index in [1.54, 1.807) is 12.4 Å². The first-order chi connectivity index (χ1) is 15.5. The first kappa shape index (κ1) is 23.6. The van der Waals surface area contributed by atoms with Gasteiger partial charge in [0.05, 0.1) is 17.4 Å². The van der Waals surface area contributed by atoms with Gasteiger partial charge in [-0.25, -0.2) is 4.68 Å². The molecule has 0 radical (unpaired) electrons. The van der Waals surface area contributed by atoms with Crippen molar-refractivity contribution in [2.75, 3.05) is 11.9 Å². The number of nitrogens with zero attached hydrogens (tertiary/aromatic N) is 3. The van der Waals surface area contributed by atoms with Crippen LogP contribution in [0.2, 0.25) is 0 Å². The predicted octanol–water partition coefficient (Wildman–Crippen LogP) is 5.62. The lowest BCUT2D eigenvalue weighted by molar-refractivity contribution is -0.116. The number of aromatic nitrogens is 3. The van der Waals surface area contributed by atoms with E-state index < -0.39 is 0 Å². The zero-order valence-corrected chi connectivity index (χ0v) is 19.3. The molecule has 1 amide bonds. The van der Waals surface area contributed by atoms with Crippen molar-refractivity contribution in [3.8, 4) is 11.1 Å². The van der Waals surface area contributed by atoms with E-state index >= 15 is 0 Å². The lowest BCUT2D eigenvalue weighted by Crippen LogP contribution is -2.19. The van der Waals surface area contributed by atoms with Gasteiger partial charge in [-0.05, 0) is 48.9 Å². The van der Waals surface area contributed by atoms with Crippen LogP contribution in [0, 0.1) is 5.92 Å². The molecule has 1 atom stereocenters. The summed E-state index contributed by atoms with van der Waals surface area (Å²) in [5.74, 6) is 0.256. The van der Waals surface area contributed by atoms with Crippen LogP contribution in [0.25, 0.3) is 22.0 Å². The maximum absolute atomic E-state index is 12.1. The molecule has 0 spiro atoms. The lowest BCUT2D eigenvalue weighted by Gasteiger charge is -2.23. The maximum Gasteiger partial charge on any atom is 0.224 e. The minimum Gasteiger partial charge on any atom is -0.356 e. The topological polar surface area (TPSA) is 86.1 Å². The summed E-state index contributed by atoms with van der Waals surface area (Å²) in [6.45, 7) is 8.72. The Bertz CT molecular complexity index is 1070. The van der Waals surface area contributed by atoms with E-state index in [1.807, 2.05) is 56.6 Å². The van der Waals surface area contributed by atoms with Crippen molar-refractivity contribution in [1.82, 2.24) is 14.8 Å². The maximum atomic E-state index is 12.1. The number of nitrogens with one attached hydrogen (secondary N) is 1. The van der Waals surface area contributed by atoms with E-state index in [-0.39, 0.29) is 18.1 Å². The number of carbonyl (C=O) groups excluding carboxylic acids is 2. The molecule has 1 saturated heterocycles. The van der Waals surface area contributed by atoms with Gasteiger partial charge in [-0.3, -0.25) is 14.6 Å². The fraction of sp³-hybridized carbons (Fsp3) is 0.440. The highest BCUT2D eigenvalue weighted by molar-refractivity contribution is 5.97. The molecule has 4 rings (SSSR count). The Morgan fingerprint density at radius 2 is 2.03 bits per heavy atom. The smallest absolute Gasteiger partial charge is 0.224 e. The fourth-order valence-electron chi connectivity index (χ4n) is 3.82. The number of carbonyl (C=O) groups is 2. The van der Waals surface area contributed by atoms with Gasteiger partial charge in [0.25, 0.3) is 0 Å². The summed E-state index contributed by atoms with van der Waals surface area (Å²) in [4.78, 5) is 28.0. The third kappa shape index (κ3) is 5.40. The Balaban J connectivity index is 0.00000141. The Labute approximate surface area is 189 Å². The number of ether oxygens (including phenoxy) is 1. The second-order valence-corrected chi connectivity index (χ2v) is 8.11.